The Balaban J connectivity index is 2.70. The quantitative estimate of drug-likeness (QED) is 0.758. The van der Waals surface area contributed by atoms with Crippen molar-refractivity contribution in [3.05, 3.63) is 60.2 Å². The molecule has 0 radical (unpaired) electrons. The molecule has 23 heavy (non-hydrogen) atoms. The van der Waals surface area contributed by atoms with Gasteiger partial charge in [0.1, 0.15) is 11.6 Å². The number of halogens is 2. The predicted octanol–water partition coefficient (Wildman–Crippen LogP) is 4.31. The predicted molar refractivity (Wildman–Crippen MR) is 91.8 cm³/mol. The largest absolute Gasteiger partial charge is 0.296 e. The van der Waals surface area contributed by atoms with Crippen LogP contribution in [0, 0.1) is 11.6 Å². The van der Waals surface area contributed by atoms with E-state index in [-0.39, 0.29) is 23.7 Å². The first kappa shape index (κ1) is 17.8. The standard InChI is InChI=1S/C18H22F2NOP/c1-13(2)21(14(3)4)23(22,17-9-5-15(19)6-10-17)18-11-7-16(20)8-12-18/h5-14H,1-4H3. The van der Waals surface area contributed by atoms with E-state index in [1.54, 1.807) is 24.3 Å². The molecule has 0 aromatic heterocycles. The number of nitrogens with zero attached hydrogens (tertiary/aromatic N) is 1. The average Bonchev–Trinajstić information content (AvgIpc) is 2.47. The molecule has 0 saturated carbocycles. The van der Waals surface area contributed by atoms with Gasteiger partial charge in [0.2, 0.25) is 7.29 Å². The lowest BCUT2D eigenvalue weighted by Crippen LogP contribution is -2.41. The van der Waals surface area contributed by atoms with Crippen molar-refractivity contribution in [2.45, 2.75) is 39.8 Å². The van der Waals surface area contributed by atoms with Crippen LogP contribution in [-0.2, 0) is 4.57 Å². The topological polar surface area (TPSA) is 20.3 Å². The van der Waals surface area contributed by atoms with Gasteiger partial charge < -0.3 is 0 Å². The zero-order valence-corrected chi connectivity index (χ0v) is 14.7. The molecule has 5 heteroatoms. The second-order valence-electron chi connectivity index (χ2n) is 6.10. The van der Waals surface area contributed by atoms with Crippen LogP contribution in [0.4, 0.5) is 8.78 Å². The minimum atomic E-state index is -3.19. The zero-order valence-electron chi connectivity index (χ0n) is 13.8. The Morgan fingerprint density at radius 3 is 1.30 bits per heavy atom. The summed E-state index contributed by atoms with van der Waals surface area (Å²) in [5.41, 5.74) is 0. The van der Waals surface area contributed by atoms with Gasteiger partial charge in [-0.05, 0) is 76.2 Å². The van der Waals surface area contributed by atoms with E-state index in [2.05, 4.69) is 0 Å². The highest BCUT2D eigenvalue weighted by Gasteiger charge is 2.37. The van der Waals surface area contributed by atoms with Crippen molar-refractivity contribution >= 4 is 17.9 Å². The lowest BCUT2D eigenvalue weighted by Gasteiger charge is -2.38. The molecule has 0 heterocycles. The Kier molecular flexibility index (Phi) is 5.38. The summed E-state index contributed by atoms with van der Waals surface area (Å²) in [6.07, 6.45) is 0. The Morgan fingerprint density at radius 1 is 0.739 bits per heavy atom. The third-order valence-electron chi connectivity index (χ3n) is 3.74. The highest BCUT2D eigenvalue weighted by atomic mass is 31.2. The van der Waals surface area contributed by atoms with Crippen LogP contribution in [0.3, 0.4) is 0 Å². The minimum Gasteiger partial charge on any atom is -0.296 e. The lowest BCUT2D eigenvalue weighted by atomic mass is 10.3. The molecule has 2 rings (SSSR count). The summed E-state index contributed by atoms with van der Waals surface area (Å²) in [6.45, 7) is 7.89. The first-order valence-electron chi connectivity index (χ1n) is 7.68. The van der Waals surface area contributed by atoms with Crippen LogP contribution in [0.25, 0.3) is 0 Å². The van der Waals surface area contributed by atoms with Gasteiger partial charge >= 0.3 is 0 Å². The fraction of sp³-hybridized carbons (Fsp3) is 0.333. The monoisotopic (exact) mass is 337 g/mol. The van der Waals surface area contributed by atoms with Crippen molar-refractivity contribution in [3.63, 3.8) is 0 Å². The van der Waals surface area contributed by atoms with E-state index in [4.69, 9.17) is 0 Å². The fourth-order valence-electron chi connectivity index (χ4n) is 2.95. The van der Waals surface area contributed by atoms with E-state index >= 15 is 0 Å². The fourth-order valence-corrected chi connectivity index (χ4v) is 6.19. The Hall–Kier alpha value is -1.51. The third kappa shape index (κ3) is 3.54. The summed E-state index contributed by atoms with van der Waals surface area (Å²) in [5.74, 6) is -0.750. The molecule has 0 N–H and O–H groups in total. The van der Waals surface area contributed by atoms with Crippen molar-refractivity contribution in [3.8, 4) is 0 Å². The Morgan fingerprint density at radius 2 is 1.04 bits per heavy atom. The molecule has 0 unspecified atom stereocenters. The first-order chi connectivity index (χ1) is 10.8. The van der Waals surface area contributed by atoms with E-state index in [1.165, 1.54) is 24.3 Å². The molecular formula is C18H22F2NOP. The minimum absolute atomic E-state index is 0.0101. The van der Waals surface area contributed by atoms with Gasteiger partial charge in [-0.1, -0.05) is 0 Å². The van der Waals surface area contributed by atoms with Gasteiger partial charge in [-0.25, -0.2) is 13.5 Å². The molecule has 0 atom stereocenters. The molecule has 0 bridgehead atoms. The summed E-state index contributed by atoms with van der Waals surface area (Å²) in [7, 11) is -3.19. The van der Waals surface area contributed by atoms with Gasteiger partial charge in [0.15, 0.2) is 0 Å². The van der Waals surface area contributed by atoms with Crippen LogP contribution in [0.1, 0.15) is 27.7 Å². The maximum absolute atomic E-state index is 14.1. The molecule has 2 nitrogen and oxygen atoms in total. The second-order valence-corrected chi connectivity index (χ2v) is 8.74. The van der Waals surface area contributed by atoms with Crippen molar-refractivity contribution in [2.75, 3.05) is 0 Å². The summed E-state index contributed by atoms with van der Waals surface area (Å²) in [5, 5.41) is 1.10. The maximum atomic E-state index is 14.1. The van der Waals surface area contributed by atoms with Gasteiger partial charge in [0.05, 0.1) is 0 Å². The molecule has 0 amide bonds. The van der Waals surface area contributed by atoms with Crippen LogP contribution in [0.15, 0.2) is 48.5 Å². The zero-order chi connectivity index (χ0) is 17.2. The average molecular weight is 337 g/mol. The first-order valence-corrected chi connectivity index (χ1v) is 9.34. The van der Waals surface area contributed by atoms with Gasteiger partial charge in [-0.3, -0.25) is 4.57 Å². The van der Waals surface area contributed by atoms with E-state index in [0.29, 0.717) is 10.6 Å². The summed E-state index contributed by atoms with van der Waals surface area (Å²) < 4.78 is 42.6. The van der Waals surface area contributed by atoms with Crippen LogP contribution in [0.2, 0.25) is 0 Å². The number of rotatable bonds is 5. The van der Waals surface area contributed by atoms with Crippen molar-refractivity contribution in [1.29, 1.82) is 0 Å². The van der Waals surface area contributed by atoms with E-state index in [9.17, 15) is 13.3 Å². The molecule has 0 aliphatic rings. The van der Waals surface area contributed by atoms with E-state index < -0.39 is 7.29 Å². The summed E-state index contributed by atoms with van der Waals surface area (Å²) in [4.78, 5) is 0. The highest BCUT2D eigenvalue weighted by Crippen LogP contribution is 2.50. The lowest BCUT2D eigenvalue weighted by molar-refractivity contribution is 0.307. The highest BCUT2D eigenvalue weighted by molar-refractivity contribution is 7.76. The van der Waals surface area contributed by atoms with E-state index in [1.807, 2.05) is 32.4 Å². The van der Waals surface area contributed by atoms with Crippen molar-refractivity contribution < 1.29 is 13.3 Å². The number of hydrogen-bond donors (Lipinski definition) is 0. The Labute approximate surface area is 136 Å². The molecule has 0 fully saturated rings. The third-order valence-corrected chi connectivity index (χ3v) is 7.31. The molecular weight excluding hydrogens is 315 g/mol. The Bertz CT molecular complexity index is 638. The molecule has 0 aliphatic carbocycles. The molecule has 0 aliphatic heterocycles. The second kappa shape index (κ2) is 6.94. The number of hydrogen-bond acceptors (Lipinski definition) is 1. The van der Waals surface area contributed by atoms with Crippen molar-refractivity contribution in [2.24, 2.45) is 0 Å². The van der Waals surface area contributed by atoms with Gasteiger partial charge in [0.25, 0.3) is 0 Å². The van der Waals surface area contributed by atoms with Crippen LogP contribution >= 0.6 is 7.29 Å². The van der Waals surface area contributed by atoms with Crippen LogP contribution in [-0.4, -0.2) is 16.8 Å². The molecule has 2 aromatic rings. The SMILES string of the molecule is CC(C)N(C(C)C)P(=O)(c1ccc(F)cc1)c1ccc(F)cc1. The molecule has 124 valence electrons. The molecule has 2 aromatic carbocycles. The van der Waals surface area contributed by atoms with Crippen LogP contribution < -0.4 is 10.6 Å². The smallest absolute Gasteiger partial charge is 0.207 e. The molecule has 0 saturated heterocycles. The van der Waals surface area contributed by atoms with Gasteiger partial charge in [-0.2, -0.15) is 0 Å². The summed E-state index contributed by atoms with van der Waals surface area (Å²) >= 11 is 0. The molecule has 0 spiro atoms. The van der Waals surface area contributed by atoms with Crippen LogP contribution in [0.5, 0.6) is 0 Å². The normalized spacial score (nSPS) is 12.4. The maximum Gasteiger partial charge on any atom is 0.207 e. The summed E-state index contributed by atoms with van der Waals surface area (Å²) in [6, 6.07) is 11.5. The van der Waals surface area contributed by atoms with E-state index in [0.717, 1.165) is 0 Å². The van der Waals surface area contributed by atoms with Crippen molar-refractivity contribution in [1.82, 2.24) is 4.67 Å². The van der Waals surface area contributed by atoms with Gasteiger partial charge in [0, 0.05) is 22.7 Å². The number of benzene rings is 2. The van der Waals surface area contributed by atoms with Gasteiger partial charge in [-0.15, -0.1) is 0 Å².